The lowest BCUT2D eigenvalue weighted by Gasteiger charge is -2.17. The summed E-state index contributed by atoms with van der Waals surface area (Å²) in [6.07, 6.45) is 1.80. The molecule has 1 saturated heterocycles. The first kappa shape index (κ1) is 16.0. The first-order chi connectivity index (χ1) is 11.6. The van der Waals surface area contributed by atoms with Gasteiger partial charge >= 0.3 is 0 Å². The number of amides is 2. The summed E-state index contributed by atoms with van der Waals surface area (Å²) < 4.78 is 10.4. The molecule has 0 spiro atoms. The summed E-state index contributed by atoms with van der Waals surface area (Å²) in [5.74, 6) is 1.26. The molecule has 7 heteroatoms. The predicted molar refractivity (Wildman–Crippen MR) is 86.5 cm³/mol. The molecule has 126 valence electrons. The Morgan fingerprint density at radius 1 is 1.42 bits per heavy atom. The van der Waals surface area contributed by atoms with E-state index in [1.165, 1.54) is 0 Å². The number of oxazole rings is 1. The van der Waals surface area contributed by atoms with E-state index in [1.807, 2.05) is 12.1 Å². The van der Waals surface area contributed by atoms with Crippen LogP contribution in [0.1, 0.15) is 18.1 Å². The normalized spacial score (nSPS) is 17.2. The summed E-state index contributed by atoms with van der Waals surface area (Å²) in [6, 6.07) is 7.21. The fraction of sp³-hybridized carbons (Fsp3) is 0.353. The average molecular weight is 329 g/mol. The van der Waals surface area contributed by atoms with E-state index in [2.05, 4.69) is 10.3 Å². The van der Waals surface area contributed by atoms with Gasteiger partial charge in [0, 0.05) is 18.7 Å². The molecule has 1 atom stereocenters. The second kappa shape index (κ2) is 6.74. The lowest BCUT2D eigenvalue weighted by atomic mass is 10.1. The van der Waals surface area contributed by atoms with Crippen LogP contribution >= 0.6 is 0 Å². The third kappa shape index (κ3) is 3.40. The Bertz CT molecular complexity index is 739. The molecule has 1 aliphatic rings. The summed E-state index contributed by atoms with van der Waals surface area (Å²) in [5, 5.41) is 2.77. The number of rotatable bonds is 5. The van der Waals surface area contributed by atoms with Crippen molar-refractivity contribution in [1.82, 2.24) is 10.3 Å². The maximum atomic E-state index is 12.3. The van der Waals surface area contributed by atoms with Gasteiger partial charge in [-0.2, -0.15) is 0 Å². The number of aromatic nitrogens is 1. The van der Waals surface area contributed by atoms with E-state index in [4.69, 9.17) is 9.15 Å². The monoisotopic (exact) mass is 329 g/mol. The van der Waals surface area contributed by atoms with Gasteiger partial charge in [0.2, 0.25) is 17.7 Å². The van der Waals surface area contributed by atoms with E-state index in [-0.39, 0.29) is 30.7 Å². The van der Waals surface area contributed by atoms with Gasteiger partial charge in [-0.1, -0.05) is 0 Å². The van der Waals surface area contributed by atoms with Crippen LogP contribution in [-0.2, 0) is 16.1 Å². The fourth-order valence-corrected chi connectivity index (χ4v) is 2.69. The zero-order chi connectivity index (χ0) is 17.1. The minimum absolute atomic E-state index is 0.0627. The molecule has 1 aromatic carbocycles. The molecule has 24 heavy (non-hydrogen) atoms. The number of hydrogen-bond donors (Lipinski definition) is 1. The van der Waals surface area contributed by atoms with Crippen molar-refractivity contribution < 1.29 is 18.7 Å². The van der Waals surface area contributed by atoms with Crippen molar-refractivity contribution in [3.05, 3.63) is 42.1 Å². The molecule has 1 aromatic heterocycles. The van der Waals surface area contributed by atoms with Gasteiger partial charge in [-0.15, -0.1) is 0 Å². The Hall–Kier alpha value is -2.83. The zero-order valence-corrected chi connectivity index (χ0v) is 13.6. The van der Waals surface area contributed by atoms with Gasteiger partial charge < -0.3 is 19.4 Å². The van der Waals surface area contributed by atoms with Crippen molar-refractivity contribution in [2.24, 2.45) is 5.92 Å². The van der Waals surface area contributed by atoms with Crippen LogP contribution in [-0.4, -0.2) is 30.5 Å². The van der Waals surface area contributed by atoms with E-state index in [0.717, 1.165) is 11.4 Å². The molecule has 2 amide bonds. The molecule has 0 unspecified atom stereocenters. The van der Waals surface area contributed by atoms with Crippen LogP contribution in [0.15, 0.2) is 34.9 Å². The first-order valence-corrected chi connectivity index (χ1v) is 7.70. The van der Waals surface area contributed by atoms with Gasteiger partial charge in [0.05, 0.1) is 25.8 Å². The SMILES string of the molecule is COc1ccc(N2C[C@@H](C(=O)NCc3ncc(C)o3)CC2=O)cc1. The molecule has 0 aliphatic carbocycles. The molecule has 1 N–H and O–H groups in total. The second-order valence-corrected chi connectivity index (χ2v) is 5.69. The van der Waals surface area contributed by atoms with Crippen LogP contribution in [0.4, 0.5) is 5.69 Å². The van der Waals surface area contributed by atoms with Gasteiger partial charge in [0.25, 0.3) is 0 Å². The largest absolute Gasteiger partial charge is 0.497 e. The molecular formula is C17H19N3O4. The Labute approximate surface area is 139 Å². The second-order valence-electron chi connectivity index (χ2n) is 5.69. The zero-order valence-electron chi connectivity index (χ0n) is 13.6. The quantitative estimate of drug-likeness (QED) is 0.902. The lowest BCUT2D eigenvalue weighted by Crippen LogP contribution is -2.32. The molecule has 2 aromatic rings. The molecule has 0 radical (unpaired) electrons. The van der Waals surface area contributed by atoms with E-state index in [0.29, 0.717) is 18.2 Å². The number of anilines is 1. The molecule has 1 fully saturated rings. The third-order valence-corrected chi connectivity index (χ3v) is 3.96. The van der Waals surface area contributed by atoms with Crippen LogP contribution in [0.2, 0.25) is 0 Å². The topological polar surface area (TPSA) is 84.7 Å². The summed E-state index contributed by atoms with van der Waals surface area (Å²) >= 11 is 0. The van der Waals surface area contributed by atoms with Gasteiger partial charge in [-0.25, -0.2) is 4.98 Å². The van der Waals surface area contributed by atoms with Crippen molar-refractivity contribution in [3.8, 4) is 5.75 Å². The van der Waals surface area contributed by atoms with E-state index in [1.54, 1.807) is 37.3 Å². The number of carbonyl (C=O) groups is 2. The Kier molecular flexibility index (Phi) is 4.50. The third-order valence-electron chi connectivity index (χ3n) is 3.96. The molecule has 0 bridgehead atoms. The van der Waals surface area contributed by atoms with Crippen LogP contribution in [0.5, 0.6) is 5.75 Å². The Balaban J connectivity index is 1.59. The number of aryl methyl sites for hydroxylation is 1. The van der Waals surface area contributed by atoms with Crippen LogP contribution in [0, 0.1) is 12.8 Å². The number of ether oxygens (including phenoxy) is 1. The van der Waals surface area contributed by atoms with Gasteiger partial charge in [-0.3, -0.25) is 9.59 Å². The van der Waals surface area contributed by atoms with E-state index >= 15 is 0 Å². The Morgan fingerprint density at radius 3 is 2.79 bits per heavy atom. The van der Waals surface area contributed by atoms with Crippen LogP contribution in [0.25, 0.3) is 0 Å². The highest BCUT2D eigenvalue weighted by atomic mass is 16.5. The lowest BCUT2D eigenvalue weighted by molar-refractivity contribution is -0.126. The minimum atomic E-state index is -0.379. The molecule has 2 heterocycles. The maximum absolute atomic E-state index is 12.3. The predicted octanol–water partition coefficient (Wildman–Crippen LogP) is 1.66. The summed E-state index contributed by atoms with van der Waals surface area (Å²) in [6.45, 7) is 2.38. The molecule has 3 rings (SSSR count). The molecule has 0 saturated carbocycles. The smallest absolute Gasteiger partial charge is 0.227 e. The first-order valence-electron chi connectivity index (χ1n) is 7.70. The summed E-state index contributed by atoms with van der Waals surface area (Å²) in [5.41, 5.74) is 0.763. The number of carbonyl (C=O) groups excluding carboxylic acids is 2. The molecule has 7 nitrogen and oxygen atoms in total. The number of hydrogen-bond acceptors (Lipinski definition) is 5. The number of methoxy groups -OCH3 is 1. The minimum Gasteiger partial charge on any atom is -0.497 e. The number of nitrogens with one attached hydrogen (secondary N) is 1. The van der Waals surface area contributed by atoms with Gasteiger partial charge in [0.1, 0.15) is 11.5 Å². The van der Waals surface area contributed by atoms with Crippen LogP contribution in [0.3, 0.4) is 0 Å². The highest BCUT2D eigenvalue weighted by molar-refractivity contribution is 6.00. The van der Waals surface area contributed by atoms with Crippen molar-refractivity contribution >= 4 is 17.5 Å². The summed E-state index contributed by atoms with van der Waals surface area (Å²) in [4.78, 5) is 30.1. The molecule has 1 aliphatic heterocycles. The number of nitrogens with zero attached hydrogens (tertiary/aromatic N) is 2. The highest BCUT2D eigenvalue weighted by Crippen LogP contribution is 2.26. The van der Waals surface area contributed by atoms with Gasteiger partial charge in [0.15, 0.2) is 0 Å². The van der Waals surface area contributed by atoms with E-state index < -0.39 is 0 Å². The Morgan fingerprint density at radius 2 is 2.17 bits per heavy atom. The van der Waals surface area contributed by atoms with Crippen molar-refractivity contribution in [2.45, 2.75) is 19.9 Å². The van der Waals surface area contributed by atoms with Crippen LogP contribution < -0.4 is 15.0 Å². The highest BCUT2D eigenvalue weighted by Gasteiger charge is 2.35. The van der Waals surface area contributed by atoms with Crippen molar-refractivity contribution in [3.63, 3.8) is 0 Å². The fourth-order valence-electron chi connectivity index (χ4n) is 2.69. The number of benzene rings is 1. The molecular weight excluding hydrogens is 310 g/mol. The standard InChI is InChI=1S/C17H19N3O4/c1-11-8-18-15(24-11)9-19-17(22)12-7-16(21)20(10-12)13-3-5-14(23-2)6-4-13/h3-6,8,12H,7,9-10H2,1-2H3,(H,19,22)/t12-/m0/s1. The summed E-state index contributed by atoms with van der Waals surface area (Å²) in [7, 11) is 1.59. The maximum Gasteiger partial charge on any atom is 0.227 e. The van der Waals surface area contributed by atoms with Crippen molar-refractivity contribution in [1.29, 1.82) is 0 Å². The van der Waals surface area contributed by atoms with E-state index in [9.17, 15) is 9.59 Å². The van der Waals surface area contributed by atoms with Gasteiger partial charge in [-0.05, 0) is 31.2 Å². The average Bonchev–Trinajstić information content (AvgIpc) is 3.18. The van der Waals surface area contributed by atoms with Crippen molar-refractivity contribution in [2.75, 3.05) is 18.6 Å².